The maximum Gasteiger partial charge on any atom is 0.326 e. The Balaban J connectivity index is 2.94. The molecule has 6 heteroatoms. The highest BCUT2D eigenvalue weighted by molar-refractivity contribution is 6.31. The minimum atomic E-state index is -1.13. The van der Waals surface area contributed by atoms with Crippen LogP contribution in [0.1, 0.15) is 31.1 Å². The second kappa shape index (κ2) is 5.57. The number of carboxylic acids is 1. The van der Waals surface area contributed by atoms with Crippen molar-refractivity contribution >= 4 is 23.5 Å². The van der Waals surface area contributed by atoms with Crippen LogP contribution in [0, 0.1) is 11.2 Å². The summed E-state index contributed by atoms with van der Waals surface area (Å²) in [7, 11) is 0. The molecule has 104 valence electrons. The molecular formula is C13H15ClFNO3. The molecule has 0 fully saturated rings. The van der Waals surface area contributed by atoms with Gasteiger partial charge in [0.2, 0.25) is 0 Å². The van der Waals surface area contributed by atoms with Crippen molar-refractivity contribution < 1.29 is 19.1 Å². The second-order valence-corrected chi connectivity index (χ2v) is 5.65. The molecule has 0 radical (unpaired) electrons. The Bertz CT molecular complexity index is 511. The van der Waals surface area contributed by atoms with Crippen molar-refractivity contribution in [2.75, 3.05) is 0 Å². The lowest BCUT2D eigenvalue weighted by Crippen LogP contribution is -2.49. The number of amides is 1. The summed E-state index contributed by atoms with van der Waals surface area (Å²) in [5, 5.41) is 11.3. The van der Waals surface area contributed by atoms with E-state index in [1.165, 1.54) is 6.07 Å². The van der Waals surface area contributed by atoms with Gasteiger partial charge in [-0.3, -0.25) is 4.79 Å². The Labute approximate surface area is 115 Å². The highest BCUT2D eigenvalue weighted by Gasteiger charge is 2.32. The van der Waals surface area contributed by atoms with Gasteiger partial charge in [0.1, 0.15) is 11.9 Å². The molecule has 1 rings (SSSR count). The van der Waals surface area contributed by atoms with Gasteiger partial charge in [0.25, 0.3) is 5.91 Å². The van der Waals surface area contributed by atoms with E-state index in [-0.39, 0.29) is 10.6 Å². The first-order valence-electron chi connectivity index (χ1n) is 5.61. The van der Waals surface area contributed by atoms with Crippen molar-refractivity contribution in [3.63, 3.8) is 0 Å². The van der Waals surface area contributed by atoms with Gasteiger partial charge in [-0.25, -0.2) is 9.18 Å². The molecular weight excluding hydrogens is 273 g/mol. The number of carbonyl (C=O) groups excluding carboxylic acids is 1. The van der Waals surface area contributed by atoms with Crippen LogP contribution in [0.3, 0.4) is 0 Å². The maximum atomic E-state index is 13.0. The molecule has 0 saturated heterocycles. The average molecular weight is 288 g/mol. The number of carboxylic acid groups (broad SMARTS) is 1. The van der Waals surface area contributed by atoms with Gasteiger partial charge < -0.3 is 10.4 Å². The molecule has 0 aliphatic rings. The highest BCUT2D eigenvalue weighted by atomic mass is 35.5. The summed E-state index contributed by atoms with van der Waals surface area (Å²) in [5.41, 5.74) is -0.535. The summed E-state index contributed by atoms with van der Waals surface area (Å²) in [6.45, 7) is 5.09. The molecule has 1 atom stereocenters. The van der Waals surface area contributed by atoms with Crippen LogP contribution >= 0.6 is 11.6 Å². The summed E-state index contributed by atoms with van der Waals surface area (Å²) in [6.07, 6.45) is 0. The maximum absolute atomic E-state index is 13.0. The van der Waals surface area contributed by atoms with Gasteiger partial charge in [0.05, 0.1) is 5.02 Å². The number of halogens is 2. The zero-order chi connectivity index (χ0) is 14.8. The van der Waals surface area contributed by atoms with Crippen molar-refractivity contribution in [1.29, 1.82) is 0 Å². The summed E-state index contributed by atoms with van der Waals surface area (Å²) in [6, 6.07) is 2.42. The molecule has 0 aliphatic carbocycles. The predicted octanol–water partition coefficient (Wildman–Crippen LogP) is 2.71. The number of rotatable bonds is 3. The van der Waals surface area contributed by atoms with Gasteiger partial charge in [-0.2, -0.15) is 0 Å². The van der Waals surface area contributed by atoms with Crippen molar-refractivity contribution in [3.8, 4) is 0 Å². The summed E-state index contributed by atoms with van der Waals surface area (Å²) >= 11 is 5.58. The number of hydrogen-bond donors (Lipinski definition) is 2. The normalized spacial score (nSPS) is 12.9. The SMILES string of the molecule is CC(C)(C)[C@H](NC(=O)c1ccc(F)c(Cl)c1)C(=O)O. The third-order valence-corrected chi connectivity index (χ3v) is 2.86. The lowest BCUT2D eigenvalue weighted by molar-refractivity contribution is -0.142. The fourth-order valence-electron chi connectivity index (χ4n) is 1.50. The molecule has 0 saturated carbocycles. The van der Waals surface area contributed by atoms with Gasteiger partial charge in [0, 0.05) is 5.56 Å². The van der Waals surface area contributed by atoms with Gasteiger partial charge >= 0.3 is 5.97 Å². The van der Waals surface area contributed by atoms with E-state index in [1.54, 1.807) is 20.8 Å². The second-order valence-electron chi connectivity index (χ2n) is 5.24. The Morgan fingerprint density at radius 2 is 1.95 bits per heavy atom. The van der Waals surface area contributed by atoms with Gasteiger partial charge in [-0.1, -0.05) is 32.4 Å². The lowest BCUT2D eigenvalue weighted by Gasteiger charge is -2.27. The van der Waals surface area contributed by atoms with E-state index in [2.05, 4.69) is 5.32 Å². The fraction of sp³-hybridized carbons (Fsp3) is 0.385. The topological polar surface area (TPSA) is 66.4 Å². The third-order valence-electron chi connectivity index (χ3n) is 2.57. The largest absolute Gasteiger partial charge is 0.480 e. The van der Waals surface area contributed by atoms with Crippen molar-refractivity contribution in [2.24, 2.45) is 5.41 Å². The van der Waals surface area contributed by atoms with E-state index >= 15 is 0 Å². The molecule has 0 bridgehead atoms. The predicted molar refractivity (Wildman–Crippen MR) is 69.8 cm³/mol. The number of carbonyl (C=O) groups is 2. The molecule has 0 aromatic heterocycles. The monoisotopic (exact) mass is 287 g/mol. The number of hydrogen-bond acceptors (Lipinski definition) is 2. The third kappa shape index (κ3) is 3.92. The van der Waals surface area contributed by atoms with Crippen LogP contribution < -0.4 is 5.32 Å². The molecule has 0 spiro atoms. The smallest absolute Gasteiger partial charge is 0.326 e. The van der Waals surface area contributed by atoms with Crippen LogP contribution in [0.15, 0.2) is 18.2 Å². The summed E-state index contributed by atoms with van der Waals surface area (Å²) in [5.74, 6) is -2.37. The van der Waals surface area contributed by atoms with Gasteiger partial charge in [0.15, 0.2) is 0 Å². The van der Waals surface area contributed by atoms with Crippen LogP contribution in [-0.4, -0.2) is 23.0 Å². The van der Waals surface area contributed by atoms with Crippen molar-refractivity contribution in [3.05, 3.63) is 34.6 Å². The number of benzene rings is 1. The van der Waals surface area contributed by atoms with Gasteiger partial charge in [-0.15, -0.1) is 0 Å². The van der Waals surface area contributed by atoms with Crippen LogP contribution in [0.2, 0.25) is 5.02 Å². The zero-order valence-electron chi connectivity index (χ0n) is 10.8. The van der Waals surface area contributed by atoms with Gasteiger partial charge in [-0.05, 0) is 23.6 Å². The molecule has 1 aromatic rings. The van der Waals surface area contributed by atoms with E-state index in [1.807, 2.05) is 0 Å². The molecule has 2 N–H and O–H groups in total. The zero-order valence-corrected chi connectivity index (χ0v) is 11.6. The summed E-state index contributed by atoms with van der Waals surface area (Å²) in [4.78, 5) is 23.0. The molecule has 0 heterocycles. The van der Waals surface area contributed by atoms with Crippen molar-refractivity contribution in [2.45, 2.75) is 26.8 Å². The first-order valence-corrected chi connectivity index (χ1v) is 5.99. The molecule has 0 unspecified atom stereocenters. The average Bonchev–Trinajstić information content (AvgIpc) is 2.27. The lowest BCUT2D eigenvalue weighted by atomic mass is 9.86. The molecule has 0 aliphatic heterocycles. The summed E-state index contributed by atoms with van der Waals surface area (Å²) < 4.78 is 13.0. The Hall–Kier alpha value is -1.62. The van der Waals surface area contributed by atoms with Crippen molar-refractivity contribution in [1.82, 2.24) is 5.32 Å². The minimum absolute atomic E-state index is 0.113. The molecule has 1 aromatic carbocycles. The van der Waals surface area contributed by atoms with E-state index in [0.717, 1.165) is 12.1 Å². The molecule has 1 amide bonds. The van der Waals surface area contributed by atoms with Crippen LogP contribution in [0.5, 0.6) is 0 Å². The van der Waals surface area contributed by atoms with E-state index < -0.39 is 29.2 Å². The highest BCUT2D eigenvalue weighted by Crippen LogP contribution is 2.21. The first kappa shape index (κ1) is 15.4. The van der Waals surface area contributed by atoms with Crippen LogP contribution in [0.25, 0.3) is 0 Å². The number of aliphatic carboxylic acids is 1. The van der Waals surface area contributed by atoms with E-state index in [4.69, 9.17) is 16.7 Å². The number of nitrogens with one attached hydrogen (secondary N) is 1. The quantitative estimate of drug-likeness (QED) is 0.898. The molecule has 4 nitrogen and oxygen atoms in total. The Morgan fingerprint density at radius 3 is 2.37 bits per heavy atom. The minimum Gasteiger partial charge on any atom is -0.480 e. The van der Waals surface area contributed by atoms with E-state index in [9.17, 15) is 14.0 Å². The Kier molecular flexibility index (Phi) is 4.52. The van der Waals surface area contributed by atoms with E-state index in [0.29, 0.717) is 0 Å². The Morgan fingerprint density at radius 1 is 1.37 bits per heavy atom. The first-order chi connectivity index (χ1) is 8.62. The standard InChI is InChI=1S/C13H15ClFNO3/c1-13(2,3)10(12(18)19)16-11(17)7-4-5-9(15)8(14)6-7/h4-6,10H,1-3H3,(H,16,17)(H,18,19)/t10-/m1/s1. The fourth-order valence-corrected chi connectivity index (χ4v) is 1.68. The van der Waals surface area contributed by atoms with Crippen LogP contribution in [-0.2, 0) is 4.79 Å². The van der Waals surface area contributed by atoms with Crippen LogP contribution in [0.4, 0.5) is 4.39 Å². The molecule has 19 heavy (non-hydrogen) atoms.